The van der Waals surface area contributed by atoms with Gasteiger partial charge in [0.1, 0.15) is 0 Å². The van der Waals surface area contributed by atoms with Crippen LogP contribution in [-0.2, 0) is 38.9 Å². The second-order valence-electron chi connectivity index (χ2n) is 6.78. The molecular formula is C20H24N2O4S. The second-order valence-corrected chi connectivity index (χ2v) is 8.79. The van der Waals surface area contributed by atoms with Crippen molar-refractivity contribution in [2.75, 3.05) is 25.9 Å². The van der Waals surface area contributed by atoms with E-state index in [4.69, 9.17) is 4.84 Å². The Hall–Kier alpha value is -2.22. The fraction of sp³-hybridized carbons (Fsp3) is 0.350. The van der Waals surface area contributed by atoms with Gasteiger partial charge in [0.05, 0.1) is 18.0 Å². The summed E-state index contributed by atoms with van der Waals surface area (Å²) in [4.78, 5) is 19.8. The van der Waals surface area contributed by atoms with Crippen molar-refractivity contribution in [3.05, 3.63) is 65.2 Å². The highest BCUT2D eigenvalue weighted by Gasteiger charge is 2.18. The van der Waals surface area contributed by atoms with Crippen molar-refractivity contribution in [2.24, 2.45) is 0 Å². The Labute approximate surface area is 160 Å². The number of rotatable bonds is 6. The van der Waals surface area contributed by atoms with Gasteiger partial charge in [0.2, 0.25) is 0 Å². The minimum atomic E-state index is -3.21. The van der Waals surface area contributed by atoms with Crippen LogP contribution in [0.3, 0.4) is 0 Å². The number of hydrogen-bond donors (Lipinski definition) is 1. The van der Waals surface area contributed by atoms with Crippen molar-refractivity contribution in [1.29, 1.82) is 0 Å². The number of nitrogens with one attached hydrogen (secondary N) is 1. The molecule has 6 nitrogen and oxygen atoms in total. The average molecular weight is 388 g/mol. The molecule has 0 aliphatic carbocycles. The van der Waals surface area contributed by atoms with Crippen molar-refractivity contribution in [3.8, 4) is 0 Å². The van der Waals surface area contributed by atoms with E-state index in [-0.39, 0.29) is 12.5 Å². The summed E-state index contributed by atoms with van der Waals surface area (Å²) >= 11 is 0. The minimum Gasteiger partial charge on any atom is -0.294 e. The number of hydrogen-bond acceptors (Lipinski definition) is 5. The molecule has 2 aromatic rings. The van der Waals surface area contributed by atoms with Crippen LogP contribution in [0.25, 0.3) is 0 Å². The van der Waals surface area contributed by atoms with Crippen LogP contribution in [0.15, 0.2) is 53.4 Å². The van der Waals surface area contributed by atoms with Gasteiger partial charge in [-0.05, 0) is 41.7 Å². The molecule has 3 rings (SSSR count). The van der Waals surface area contributed by atoms with Gasteiger partial charge in [-0.3, -0.25) is 14.5 Å². The Morgan fingerprint density at radius 1 is 1.07 bits per heavy atom. The van der Waals surface area contributed by atoms with Crippen molar-refractivity contribution in [1.82, 2.24) is 10.4 Å². The Bertz CT molecular complexity index is 897. The summed E-state index contributed by atoms with van der Waals surface area (Å²) in [5, 5.41) is 0. The van der Waals surface area contributed by atoms with Crippen LogP contribution in [0.1, 0.15) is 16.7 Å². The molecule has 1 N–H and O–H groups in total. The zero-order valence-electron chi connectivity index (χ0n) is 15.3. The molecule has 1 amide bonds. The molecule has 0 aromatic heterocycles. The number of hydroxylamine groups is 1. The lowest BCUT2D eigenvalue weighted by Crippen LogP contribution is -2.38. The smallest absolute Gasteiger partial charge is 0.257 e. The molecule has 0 bridgehead atoms. The first-order valence-corrected chi connectivity index (χ1v) is 10.8. The molecule has 0 spiro atoms. The molecule has 0 unspecified atom stereocenters. The number of nitrogens with zero attached hydrogens (tertiary/aromatic N) is 1. The molecule has 0 fully saturated rings. The number of carbonyl (C=O) groups excluding carboxylic acids is 1. The van der Waals surface area contributed by atoms with E-state index in [0.717, 1.165) is 36.1 Å². The van der Waals surface area contributed by atoms with Gasteiger partial charge in [0.15, 0.2) is 9.84 Å². The van der Waals surface area contributed by atoms with Crippen LogP contribution in [0.2, 0.25) is 0 Å². The Kier molecular flexibility index (Phi) is 6.26. The highest BCUT2D eigenvalue weighted by Crippen LogP contribution is 2.20. The molecule has 1 aliphatic heterocycles. The predicted molar refractivity (Wildman–Crippen MR) is 103 cm³/mol. The Balaban J connectivity index is 1.50. The number of benzene rings is 2. The highest BCUT2D eigenvalue weighted by atomic mass is 32.2. The standard InChI is InChI=1S/C20H24N2O4S/c1-27(24,25)19-8-7-17-9-11-22(12-10-18(17)13-19)14-20(23)21-26-15-16-5-3-2-4-6-16/h2-8,13H,9-12,14-15H2,1H3,(H,21,23). The van der Waals surface area contributed by atoms with Crippen LogP contribution in [0, 0.1) is 0 Å². The topological polar surface area (TPSA) is 75.7 Å². The second kappa shape index (κ2) is 8.65. The van der Waals surface area contributed by atoms with E-state index < -0.39 is 9.84 Å². The van der Waals surface area contributed by atoms with Crippen LogP contribution in [0.5, 0.6) is 0 Å². The van der Waals surface area contributed by atoms with Crippen molar-refractivity contribution >= 4 is 15.7 Å². The van der Waals surface area contributed by atoms with E-state index in [1.54, 1.807) is 12.1 Å². The van der Waals surface area contributed by atoms with Gasteiger partial charge < -0.3 is 0 Å². The average Bonchev–Trinajstić information content (AvgIpc) is 2.84. The first-order valence-electron chi connectivity index (χ1n) is 8.90. The summed E-state index contributed by atoms with van der Waals surface area (Å²) in [6.45, 7) is 2.03. The third-order valence-electron chi connectivity index (χ3n) is 4.64. The monoisotopic (exact) mass is 388 g/mol. The number of fused-ring (bicyclic) bond motifs is 1. The van der Waals surface area contributed by atoms with Crippen LogP contribution in [-0.4, -0.2) is 45.1 Å². The summed E-state index contributed by atoms with van der Waals surface area (Å²) in [5.41, 5.74) is 5.67. The molecule has 0 atom stereocenters. The lowest BCUT2D eigenvalue weighted by Gasteiger charge is -2.18. The first-order chi connectivity index (χ1) is 12.9. The quantitative estimate of drug-likeness (QED) is 0.763. The maximum Gasteiger partial charge on any atom is 0.257 e. The molecule has 27 heavy (non-hydrogen) atoms. The van der Waals surface area contributed by atoms with Gasteiger partial charge >= 0.3 is 0 Å². The van der Waals surface area contributed by atoms with E-state index >= 15 is 0 Å². The lowest BCUT2D eigenvalue weighted by atomic mass is 10.0. The molecule has 1 aliphatic rings. The maximum atomic E-state index is 12.1. The molecule has 7 heteroatoms. The van der Waals surface area contributed by atoms with Crippen LogP contribution < -0.4 is 5.48 Å². The first kappa shape index (κ1) is 19.5. The fourth-order valence-electron chi connectivity index (χ4n) is 3.15. The van der Waals surface area contributed by atoms with E-state index in [2.05, 4.69) is 10.4 Å². The largest absolute Gasteiger partial charge is 0.294 e. The predicted octanol–water partition coefficient (Wildman–Crippen LogP) is 1.74. The third-order valence-corrected chi connectivity index (χ3v) is 5.75. The van der Waals surface area contributed by atoms with E-state index in [9.17, 15) is 13.2 Å². The molecule has 1 heterocycles. The van der Waals surface area contributed by atoms with E-state index in [1.807, 2.05) is 36.4 Å². The van der Waals surface area contributed by atoms with Crippen molar-refractivity contribution in [2.45, 2.75) is 24.3 Å². The number of carbonyl (C=O) groups is 1. The Morgan fingerprint density at radius 2 is 1.78 bits per heavy atom. The van der Waals surface area contributed by atoms with Gasteiger partial charge in [0, 0.05) is 19.3 Å². The van der Waals surface area contributed by atoms with Gasteiger partial charge in [0.25, 0.3) is 5.91 Å². The third kappa shape index (κ3) is 5.63. The normalized spacial score (nSPS) is 15.0. The number of amides is 1. The molecule has 144 valence electrons. The van der Waals surface area contributed by atoms with Gasteiger partial charge in [-0.25, -0.2) is 13.9 Å². The van der Waals surface area contributed by atoms with E-state index in [0.29, 0.717) is 18.0 Å². The summed E-state index contributed by atoms with van der Waals surface area (Å²) in [6, 6.07) is 14.9. The summed E-state index contributed by atoms with van der Waals surface area (Å²) in [6.07, 6.45) is 2.73. The number of sulfone groups is 1. The maximum absolute atomic E-state index is 12.1. The van der Waals surface area contributed by atoms with Crippen molar-refractivity contribution in [3.63, 3.8) is 0 Å². The molecular weight excluding hydrogens is 364 g/mol. The van der Waals surface area contributed by atoms with Crippen molar-refractivity contribution < 1.29 is 18.0 Å². The minimum absolute atomic E-state index is 0.186. The molecule has 2 aromatic carbocycles. The van der Waals surface area contributed by atoms with Crippen LogP contribution >= 0.6 is 0 Å². The van der Waals surface area contributed by atoms with Crippen LogP contribution in [0.4, 0.5) is 0 Å². The summed E-state index contributed by atoms with van der Waals surface area (Å²) in [5.74, 6) is -0.186. The van der Waals surface area contributed by atoms with Gasteiger partial charge in [-0.1, -0.05) is 36.4 Å². The summed E-state index contributed by atoms with van der Waals surface area (Å²) in [7, 11) is -3.21. The van der Waals surface area contributed by atoms with E-state index in [1.165, 1.54) is 6.26 Å². The lowest BCUT2D eigenvalue weighted by molar-refractivity contribution is -0.135. The highest BCUT2D eigenvalue weighted by molar-refractivity contribution is 7.90. The summed E-state index contributed by atoms with van der Waals surface area (Å²) < 4.78 is 23.5. The molecule has 0 saturated heterocycles. The zero-order valence-corrected chi connectivity index (χ0v) is 16.2. The van der Waals surface area contributed by atoms with Gasteiger partial charge in [-0.2, -0.15) is 0 Å². The fourth-order valence-corrected chi connectivity index (χ4v) is 3.82. The molecule has 0 radical (unpaired) electrons. The van der Waals surface area contributed by atoms with Gasteiger partial charge in [-0.15, -0.1) is 0 Å². The zero-order chi connectivity index (χ0) is 19.3. The SMILES string of the molecule is CS(=O)(=O)c1ccc2c(c1)CCN(CC(=O)NOCc1ccccc1)CC2. The molecule has 0 saturated carbocycles. The Morgan fingerprint density at radius 3 is 2.48 bits per heavy atom.